The van der Waals surface area contributed by atoms with E-state index in [0.29, 0.717) is 22.8 Å². The van der Waals surface area contributed by atoms with Crippen LogP contribution in [0.15, 0.2) is 16.7 Å². The van der Waals surface area contributed by atoms with Crippen molar-refractivity contribution < 1.29 is 27.5 Å². The summed E-state index contributed by atoms with van der Waals surface area (Å²) < 4.78 is 47.5. The third-order valence-electron chi connectivity index (χ3n) is 3.77. The maximum absolute atomic E-state index is 13.3. The second kappa shape index (κ2) is 7.40. The first-order valence-electron chi connectivity index (χ1n) is 7.22. The Morgan fingerprint density at radius 2 is 1.80 bits per heavy atom. The van der Waals surface area contributed by atoms with Crippen molar-refractivity contribution in [2.24, 2.45) is 0 Å². The fraction of sp³-hybridized carbons (Fsp3) is 0.467. The van der Waals surface area contributed by atoms with Crippen molar-refractivity contribution in [1.29, 1.82) is 0 Å². The molecule has 3 rings (SSSR count). The van der Waals surface area contributed by atoms with Crippen molar-refractivity contribution in [2.75, 3.05) is 27.9 Å². The van der Waals surface area contributed by atoms with Gasteiger partial charge in [0.1, 0.15) is 0 Å². The summed E-state index contributed by atoms with van der Waals surface area (Å²) in [5.74, 6) is -1.10. The molecule has 1 aromatic heterocycles. The van der Waals surface area contributed by atoms with E-state index >= 15 is 0 Å². The molecule has 1 aliphatic rings. The van der Waals surface area contributed by atoms with Crippen LogP contribution in [0.2, 0.25) is 0 Å². The Kier molecular flexibility index (Phi) is 5.69. The lowest BCUT2D eigenvalue weighted by molar-refractivity contribution is 0.0200. The summed E-state index contributed by atoms with van der Waals surface area (Å²) in [5, 5.41) is 6.54. The molecule has 10 heteroatoms. The molecule has 7 nitrogen and oxygen atoms in total. The summed E-state index contributed by atoms with van der Waals surface area (Å²) in [6.07, 6.45) is -0.371. The summed E-state index contributed by atoms with van der Waals surface area (Å²) in [6, 6.07) is 2.66. The highest BCUT2D eigenvalue weighted by atomic mass is 35.5. The number of benzene rings is 1. The molecule has 138 valence electrons. The molecule has 0 spiro atoms. The zero-order valence-electron chi connectivity index (χ0n) is 13.8. The van der Waals surface area contributed by atoms with Crippen molar-refractivity contribution in [2.45, 2.75) is 18.4 Å². The molecule has 0 amide bonds. The number of ether oxygens (including phenoxy) is 3. The van der Waals surface area contributed by atoms with Gasteiger partial charge in [0, 0.05) is 12.0 Å². The van der Waals surface area contributed by atoms with Crippen LogP contribution in [-0.2, 0) is 0 Å². The average molecular weight is 378 g/mol. The predicted molar refractivity (Wildman–Crippen MR) is 86.9 cm³/mol. The summed E-state index contributed by atoms with van der Waals surface area (Å²) >= 11 is 0. The molecule has 1 atom stereocenters. The molecule has 0 aliphatic carbocycles. The Morgan fingerprint density at radius 1 is 1.16 bits per heavy atom. The number of nitrogens with zero attached hydrogens (tertiary/aromatic N) is 2. The molecular formula is C15H18ClF2N3O4. The number of halogens is 3. The topological polar surface area (TPSA) is 78.6 Å². The highest BCUT2D eigenvalue weighted by molar-refractivity contribution is 5.85. The Hall–Kier alpha value is -2.13. The van der Waals surface area contributed by atoms with E-state index in [1.165, 1.54) is 21.3 Å². The highest BCUT2D eigenvalue weighted by Gasteiger charge is 2.42. The molecule has 1 fully saturated rings. The molecule has 25 heavy (non-hydrogen) atoms. The van der Waals surface area contributed by atoms with Gasteiger partial charge in [-0.2, -0.15) is 4.98 Å². The SMILES string of the molecule is COc1cc(-c2noc(C3CC(F)(F)CN3)n2)cc(OC)c1OC.Cl. The molecule has 2 heterocycles. The van der Waals surface area contributed by atoms with E-state index in [1.54, 1.807) is 12.1 Å². The fourth-order valence-electron chi connectivity index (χ4n) is 2.59. The monoisotopic (exact) mass is 377 g/mol. The zero-order valence-corrected chi connectivity index (χ0v) is 14.7. The maximum Gasteiger partial charge on any atom is 0.262 e. The van der Waals surface area contributed by atoms with Gasteiger partial charge >= 0.3 is 0 Å². The number of alkyl halides is 2. The number of rotatable bonds is 5. The molecule has 0 radical (unpaired) electrons. The van der Waals surface area contributed by atoms with E-state index in [-0.39, 0.29) is 30.5 Å². The first kappa shape index (κ1) is 19.2. The normalized spacial score (nSPS) is 18.5. The minimum absolute atomic E-state index is 0. The molecule has 2 aromatic rings. The molecule has 0 bridgehead atoms. The number of nitrogens with one attached hydrogen (secondary N) is 1. The van der Waals surface area contributed by atoms with Gasteiger partial charge in [-0.05, 0) is 12.1 Å². The van der Waals surface area contributed by atoms with Crippen molar-refractivity contribution in [3.63, 3.8) is 0 Å². The van der Waals surface area contributed by atoms with Crippen LogP contribution in [0.3, 0.4) is 0 Å². The molecule has 1 N–H and O–H groups in total. The summed E-state index contributed by atoms with van der Waals surface area (Å²) in [5.41, 5.74) is 0.559. The largest absolute Gasteiger partial charge is 0.493 e. The van der Waals surface area contributed by atoms with E-state index in [1.807, 2.05) is 0 Å². The standard InChI is InChI=1S/C15H17F2N3O4.ClH/c1-21-10-4-8(5-11(22-2)12(10)23-3)13-19-14(24-20-13)9-6-15(16,17)7-18-9;/h4-5,9,18H,6-7H2,1-3H3;1H. The van der Waals surface area contributed by atoms with Crippen LogP contribution in [-0.4, -0.2) is 43.9 Å². The molecule has 1 aromatic carbocycles. The van der Waals surface area contributed by atoms with Gasteiger partial charge < -0.3 is 18.7 Å². The minimum Gasteiger partial charge on any atom is -0.493 e. The molecule has 1 unspecified atom stereocenters. The van der Waals surface area contributed by atoms with Gasteiger partial charge in [-0.25, -0.2) is 8.78 Å². The van der Waals surface area contributed by atoms with Crippen LogP contribution >= 0.6 is 12.4 Å². The lowest BCUT2D eigenvalue weighted by atomic mass is 10.1. The van der Waals surface area contributed by atoms with Crippen LogP contribution in [0.5, 0.6) is 17.2 Å². The van der Waals surface area contributed by atoms with E-state index in [4.69, 9.17) is 18.7 Å². The van der Waals surface area contributed by atoms with Gasteiger partial charge in [0.15, 0.2) is 11.5 Å². The average Bonchev–Trinajstić information content (AvgIpc) is 3.19. The summed E-state index contributed by atoms with van der Waals surface area (Å²) in [6.45, 7) is -0.403. The lowest BCUT2D eigenvalue weighted by Crippen LogP contribution is -2.19. The van der Waals surface area contributed by atoms with Crippen LogP contribution < -0.4 is 19.5 Å². The molecule has 1 saturated heterocycles. The molecule has 0 saturated carbocycles. The van der Waals surface area contributed by atoms with Crippen molar-refractivity contribution in [3.05, 3.63) is 18.0 Å². The molecular weight excluding hydrogens is 360 g/mol. The zero-order chi connectivity index (χ0) is 17.3. The van der Waals surface area contributed by atoms with E-state index in [0.717, 1.165) is 0 Å². The Labute approximate surface area is 149 Å². The number of aromatic nitrogens is 2. The van der Waals surface area contributed by atoms with Gasteiger partial charge in [0.05, 0.1) is 33.9 Å². The van der Waals surface area contributed by atoms with Crippen LogP contribution in [0, 0.1) is 0 Å². The first-order chi connectivity index (χ1) is 11.5. The van der Waals surface area contributed by atoms with E-state index in [9.17, 15) is 8.78 Å². The second-order valence-corrected chi connectivity index (χ2v) is 5.36. The van der Waals surface area contributed by atoms with Gasteiger partial charge in [-0.1, -0.05) is 5.16 Å². The third kappa shape index (κ3) is 3.77. The van der Waals surface area contributed by atoms with E-state index in [2.05, 4.69) is 15.5 Å². The quantitative estimate of drug-likeness (QED) is 0.858. The lowest BCUT2D eigenvalue weighted by Gasteiger charge is -2.12. The molecule has 1 aliphatic heterocycles. The maximum atomic E-state index is 13.3. The Morgan fingerprint density at radius 3 is 2.28 bits per heavy atom. The van der Waals surface area contributed by atoms with Gasteiger partial charge in [-0.15, -0.1) is 12.4 Å². The Balaban J connectivity index is 0.00000225. The number of methoxy groups -OCH3 is 3. The number of hydrogen-bond donors (Lipinski definition) is 1. The van der Waals surface area contributed by atoms with Crippen LogP contribution in [0.1, 0.15) is 18.4 Å². The second-order valence-electron chi connectivity index (χ2n) is 5.36. The third-order valence-corrected chi connectivity index (χ3v) is 3.77. The minimum atomic E-state index is -2.77. The smallest absolute Gasteiger partial charge is 0.262 e. The van der Waals surface area contributed by atoms with Crippen LogP contribution in [0.4, 0.5) is 8.78 Å². The summed E-state index contributed by atoms with van der Waals surface area (Å²) in [4.78, 5) is 4.21. The van der Waals surface area contributed by atoms with Gasteiger partial charge in [0.2, 0.25) is 17.5 Å². The van der Waals surface area contributed by atoms with Crippen molar-refractivity contribution >= 4 is 12.4 Å². The summed E-state index contributed by atoms with van der Waals surface area (Å²) in [7, 11) is 4.49. The number of hydrogen-bond acceptors (Lipinski definition) is 7. The highest BCUT2D eigenvalue weighted by Crippen LogP contribution is 2.41. The van der Waals surface area contributed by atoms with Gasteiger partial charge in [0.25, 0.3) is 5.92 Å². The predicted octanol–water partition coefficient (Wildman–Crippen LogP) is 2.85. The van der Waals surface area contributed by atoms with Crippen molar-refractivity contribution in [3.8, 4) is 28.6 Å². The first-order valence-corrected chi connectivity index (χ1v) is 7.22. The van der Waals surface area contributed by atoms with Gasteiger partial charge in [-0.3, -0.25) is 5.32 Å². The Bertz CT molecular complexity index is 716. The van der Waals surface area contributed by atoms with Crippen molar-refractivity contribution in [1.82, 2.24) is 15.5 Å². The van der Waals surface area contributed by atoms with E-state index < -0.39 is 18.5 Å². The van der Waals surface area contributed by atoms with Crippen LogP contribution in [0.25, 0.3) is 11.4 Å². The fourth-order valence-corrected chi connectivity index (χ4v) is 2.59.